The van der Waals surface area contributed by atoms with Crippen LogP contribution in [-0.2, 0) is 9.59 Å². The summed E-state index contributed by atoms with van der Waals surface area (Å²) in [7, 11) is 0. The third-order valence-electron chi connectivity index (χ3n) is 3.46. The summed E-state index contributed by atoms with van der Waals surface area (Å²) in [4.78, 5) is 24.2. The number of hydrogen-bond donors (Lipinski definition) is 2. The van der Waals surface area contributed by atoms with Crippen molar-refractivity contribution in [2.45, 2.75) is 25.3 Å². The minimum Gasteiger partial charge on any atom is -0.481 e. The normalized spacial score (nSPS) is 13.3. The van der Waals surface area contributed by atoms with Crippen molar-refractivity contribution >= 4 is 46.4 Å². The van der Waals surface area contributed by atoms with Crippen molar-refractivity contribution in [3.63, 3.8) is 0 Å². The van der Waals surface area contributed by atoms with Gasteiger partial charge in [-0.3, -0.25) is 9.59 Å². The van der Waals surface area contributed by atoms with Gasteiger partial charge in [-0.2, -0.15) is 0 Å². The Morgan fingerprint density at radius 3 is 2.54 bits per heavy atom. The molecule has 1 heterocycles. The highest BCUT2D eigenvalue weighted by molar-refractivity contribution is 7.16. The van der Waals surface area contributed by atoms with Crippen LogP contribution in [0.4, 0.5) is 4.39 Å². The molecule has 4 nitrogen and oxygen atoms in total. The molecule has 1 aromatic carbocycles. The average molecular weight is 390 g/mol. The zero-order valence-electron chi connectivity index (χ0n) is 12.6. The maximum Gasteiger partial charge on any atom is 0.305 e. The van der Waals surface area contributed by atoms with Gasteiger partial charge in [0.25, 0.3) is 0 Å². The van der Waals surface area contributed by atoms with E-state index in [1.807, 2.05) is 0 Å². The molecule has 0 fully saturated rings. The minimum absolute atomic E-state index is 0.0688. The van der Waals surface area contributed by atoms with E-state index >= 15 is 0 Å². The van der Waals surface area contributed by atoms with Crippen molar-refractivity contribution in [3.8, 4) is 0 Å². The summed E-state index contributed by atoms with van der Waals surface area (Å²) >= 11 is 12.8. The van der Waals surface area contributed by atoms with Gasteiger partial charge in [0.2, 0.25) is 5.91 Å². The molecule has 0 bridgehead atoms. The molecule has 2 aromatic rings. The van der Waals surface area contributed by atoms with E-state index in [0.717, 1.165) is 10.9 Å². The van der Waals surface area contributed by atoms with Crippen LogP contribution in [0, 0.1) is 5.82 Å². The summed E-state index contributed by atoms with van der Waals surface area (Å²) in [5.41, 5.74) is 0.337. The van der Waals surface area contributed by atoms with E-state index < -0.39 is 23.7 Å². The number of benzene rings is 1. The van der Waals surface area contributed by atoms with Crippen molar-refractivity contribution in [1.29, 1.82) is 0 Å². The molecule has 2 N–H and O–H groups in total. The second-order valence-electron chi connectivity index (χ2n) is 5.20. The van der Waals surface area contributed by atoms with Gasteiger partial charge in [0, 0.05) is 4.88 Å². The third-order valence-corrected chi connectivity index (χ3v) is 5.18. The van der Waals surface area contributed by atoms with Gasteiger partial charge in [-0.1, -0.05) is 29.3 Å². The first kappa shape index (κ1) is 18.7. The Balaban J connectivity index is 2.20. The summed E-state index contributed by atoms with van der Waals surface area (Å²) in [6, 6.07) is 6.52. The van der Waals surface area contributed by atoms with E-state index in [-0.39, 0.29) is 17.4 Å². The second-order valence-corrected chi connectivity index (χ2v) is 7.35. The van der Waals surface area contributed by atoms with Crippen LogP contribution in [0.5, 0.6) is 0 Å². The lowest BCUT2D eigenvalue weighted by Crippen LogP contribution is -2.33. The van der Waals surface area contributed by atoms with Gasteiger partial charge in [0.05, 0.1) is 27.7 Å². The van der Waals surface area contributed by atoms with Crippen LogP contribution < -0.4 is 5.32 Å². The van der Waals surface area contributed by atoms with Gasteiger partial charge < -0.3 is 10.4 Å². The van der Waals surface area contributed by atoms with Crippen LogP contribution in [0.2, 0.25) is 9.36 Å². The monoisotopic (exact) mass is 389 g/mol. The van der Waals surface area contributed by atoms with Crippen molar-refractivity contribution in [2.75, 3.05) is 0 Å². The molecule has 1 amide bonds. The van der Waals surface area contributed by atoms with Crippen molar-refractivity contribution in [1.82, 2.24) is 5.32 Å². The van der Waals surface area contributed by atoms with E-state index in [1.54, 1.807) is 19.1 Å². The molecule has 8 heteroatoms. The molecular formula is C16H14Cl2FNO3S. The summed E-state index contributed by atoms with van der Waals surface area (Å²) in [6.45, 7) is 1.69. The fourth-order valence-corrected chi connectivity index (χ4v) is 3.37. The molecule has 0 saturated carbocycles. The number of amides is 1. The molecule has 0 spiro atoms. The van der Waals surface area contributed by atoms with E-state index in [2.05, 4.69) is 5.32 Å². The quantitative estimate of drug-likeness (QED) is 0.756. The van der Waals surface area contributed by atoms with Crippen molar-refractivity contribution in [3.05, 3.63) is 55.9 Å². The van der Waals surface area contributed by atoms with Crippen LogP contribution in [0.3, 0.4) is 0 Å². The largest absolute Gasteiger partial charge is 0.481 e. The lowest BCUT2D eigenvalue weighted by atomic mass is 10.0. The molecule has 0 radical (unpaired) electrons. The first-order valence-corrected chi connectivity index (χ1v) is 8.57. The minimum atomic E-state index is -1.11. The topological polar surface area (TPSA) is 66.4 Å². The molecular weight excluding hydrogens is 376 g/mol. The van der Waals surface area contributed by atoms with E-state index in [4.69, 9.17) is 28.3 Å². The Hall–Kier alpha value is -1.63. The van der Waals surface area contributed by atoms with Gasteiger partial charge in [-0.05, 0) is 36.8 Å². The van der Waals surface area contributed by atoms with E-state index in [0.29, 0.717) is 9.90 Å². The summed E-state index contributed by atoms with van der Waals surface area (Å²) in [5, 5.41) is 11.6. The number of carbonyl (C=O) groups excluding carboxylic acids is 1. The SMILES string of the molecule is CC(C(=O)NC(CC(=O)O)c1ccc(Cl)c(F)c1)c1ccc(Cl)s1. The number of carboxylic acids is 1. The number of nitrogens with one attached hydrogen (secondary N) is 1. The number of rotatable bonds is 6. The number of thiophene rings is 1. The van der Waals surface area contributed by atoms with Gasteiger partial charge in [0.15, 0.2) is 0 Å². The van der Waals surface area contributed by atoms with Gasteiger partial charge in [0.1, 0.15) is 5.82 Å². The number of halogens is 3. The highest BCUT2D eigenvalue weighted by atomic mass is 35.5. The van der Waals surface area contributed by atoms with Gasteiger partial charge >= 0.3 is 5.97 Å². The molecule has 128 valence electrons. The Morgan fingerprint density at radius 1 is 1.29 bits per heavy atom. The smallest absolute Gasteiger partial charge is 0.305 e. The van der Waals surface area contributed by atoms with Gasteiger partial charge in [-0.15, -0.1) is 11.3 Å². The Bertz CT molecular complexity index is 766. The molecule has 2 rings (SSSR count). The molecule has 0 aliphatic carbocycles. The molecule has 24 heavy (non-hydrogen) atoms. The molecule has 0 saturated heterocycles. The zero-order chi connectivity index (χ0) is 17.9. The predicted octanol–water partition coefficient (Wildman–Crippen LogP) is 4.63. The molecule has 0 aliphatic heterocycles. The number of carbonyl (C=O) groups is 2. The van der Waals surface area contributed by atoms with Crippen LogP contribution >= 0.6 is 34.5 Å². The summed E-state index contributed by atoms with van der Waals surface area (Å²) in [6.07, 6.45) is -0.370. The van der Waals surface area contributed by atoms with Gasteiger partial charge in [-0.25, -0.2) is 4.39 Å². The summed E-state index contributed by atoms with van der Waals surface area (Å²) in [5.74, 6) is -2.65. The highest BCUT2D eigenvalue weighted by Crippen LogP contribution is 2.29. The first-order valence-electron chi connectivity index (χ1n) is 7.00. The number of aliphatic carboxylic acids is 1. The molecule has 2 atom stereocenters. The number of carboxylic acid groups (broad SMARTS) is 1. The Labute approximate surface area is 152 Å². The van der Waals surface area contributed by atoms with Crippen LogP contribution in [0.1, 0.15) is 35.7 Å². The lowest BCUT2D eigenvalue weighted by Gasteiger charge is -2.20. The van der Waals surface area contributed by atoms with E-state index in [9.17, 15) is 14.0 Å². The Kier molecular flexibility index (Phi) is 6.21. The average Bonchev–Trinajstić information content (AvgIpc) is 2.94. The highest BCUT2D eigenvalue weighted by Gasteiger charge is 2.24. The molecule has 2 unspecified atom stereocenters. The van der Waals surface area contributed by atoms with Crippen molar-refractivity contribution < 1.29 is 19.1 Å². The first-order chi connectivity index (χ1) is 11.3. The Morgan fingerprint density at radius 2 is 2.00 bits per heavy atom. The molecule has 0 aliphatic rings. The fraction of sp³-hybridized carbons (Fsp3) is 0.250. The predicted molar refractivity (Wildman–Crippen MR) is 92.3 cm³/mol. The number of hydrogen-bond acceptors (Lipinski definition) is 3. The maximum absolute atomic E-state index is 13.6. The zero-order valence-corrected chi connectivity index (χ0v) is 14.9. The van der Waals surface area contributed by atoms with Crippen LogP contribution in [-0.4, -0.2) is 17.0 Å². The fourth-order valence-electron chi connectivity index (χ4n) is 2.14. The summed E-state index contributed by atoms with van der Waals surface area (Å²) < 4.78 is 14.2. The second kappa shape index (κ2) is 7.96. The third kappa shape index (κ3) is 4.69. The maximum atomic E-state index is 13.6. The van der Waals surface area contributed by atoms with Crippen LogP contribution in [0.25, 0.3) is 0 Å². The van der Waals surface area contributed by atoms with Crippen molar-refractivity contribution in [2.24, 2.45) is 0 Å². The standard InChI is InChI=1S/C16H14Cl2FNO3S/c1-8(13-4-5-14(18)24-13)16(23)20-12(7-15(21)22)9-2-3-10(17)11(19)6-9/h2-6,8,12H,7H2,1H3,(H,20,23)(H,21,22). The lowest BCUT2D eigenvalue weighted by molar-refractivity contribution is -0.137. The van der Waals surface area contributed by atoms with E-state index in [1.165, 1.54) is 23.5 Å². The molecule has 1 aromatic heterocycles. The van der Waals surface area contributed by atoms with Crippen LogP contribution in [0.15, 0.2) is 30.3 Å².